The maximum atomic E-state index is 11.9. The molecule has 1 aromatic carbocycles. The van der Waals surface area contributed by atoms with Crippen molar-refractivity contribution in [1.82, 2.24) is 0 Å². The van der Waals surface area contributed by atoms with Gasteiger partial charge in [-0.25, -0.2) is 0 Å². The largest absolute Gasteiger partial charge is 0.497 e. The van der Waals surface area contributed by atoms with Crippen molar-refractivity contribution in [3.8, 4) is 11.5 Å². The van der Waals surface area contributed by atoms with Gasteiger partial charge in [0.15, 0.2) is 12.1 Å². The van der Waals surface area contributed by atoms with E-state index in [2.05, 4.69) is 0 Å². The van der Waals surface area contributed by atoms with Crippen LogP contribution >= 0.6 is 0 Å². The van der Waals surface area contributed by atoms with Crippen LogP contribution in [0.2, 0.25) is 0 Å². The van der Waals surface area contributed by atoms with Gasteiger partial charge in [-0.2, -0.15) is 0 Å². The van der Waals surface area contributed by atoms with Gasteiger partial charge in [0.1, 0.15) is 47.6 Å². The van der Waals surface area contributed by atoms with Crippen molar-refractivity contribution in [1.29, 1.82) is 0 Å². The Morgan fingerprint density at radius 1 is 1.16 bits per heavy atom. The van der Waals surface area contributed by atoms with Crippen molar-refractivity contribution < 1.29 is 59.1 Å². The van der Waals surface area contributed by atoms with Gasteiger partial charge in [0.05, 0.1) is 32.5 Å². The van der Waals surface area contributed by atoms with Gasteiger partial charge in [-0.05, 0) is 19.1 Å². The minimum absolute atomic E-state index is 0.0340. The maximum Gasteiger partial charge on any atom is 0.229 e. The van der Waals surface area contributed by atoms with Gasteiger partial charge in [-0.3, -0.25) is 4.79 Å². The molecule has 2 fully saturated rings. The molecule has 12 heteroatoms. The standard InChI is InChI=1S/C20H28O12/c1-9(22)11-4-3-10(28-2)5-12(11)31-18-16(25)15(24)14(23)13(32-18)6-29-19-17(26)20(27,7-21)8-30-19/h3-5,13-19,21,23-27H,6-8H2,1-2H3/t13-,14-,15+,16-,17+,18-,19+,20-/m1/s1. The summed E-state index contributed by atoms with van der Waals surface area (Å²) in [6.45, 7) is -0.231. The summed E-state index contributed by atoms with van der Waals surface area (Å²) >= 11 is 0. The summed E-state index contributed by atoms with van der Waals surface area (Å²) in [4.78, 5) is 11.9. The highest BCUT2D eigenvalue weighted by atomic mass is 16.7. The molecule has 0 bridgehead atoms. The Hall–Kier alpha value is -1.87. The Balaban J connectivity index is 1.72. The van der Waals surface area contributed by atoms with Crippen LogP contribution in [0.3, 0.4) is 0 Å². The van der Waals surface area contributed by atoms with Crippen LogP contribution in [-0.2, 0) is 14.2 Å². The van der Waals surface area contributed by atoms with Crippen LogP contribution in [0.1, 0.15) is 17.3 Å². The van der Waals surface area contributed by atoms with E-state index in [9.17, 15) is 35.4 Å². The molecule has 2 aliphatic heterocycles. The van der Waals surface area contributed by atoms with E-state index in [0.717, 1.165) is 0 Å². The molecule has 8 atom stereocenters. The van der Waals surface area contributed by atoms with Gasteiger partial charge in [0, 0.05) is 6.07 Å². The molecule has 0 aliphatic carbocycles. The number of hydrogen-bond donors (Lipinski definition) is 6. The zero-order chi connectivity index (χ0) is 23.6. The first-order valence-corrected chi connectivity index (χ1v) is 9.91. The normalized spacial score (nSPS) is 37.3. The molecule has 6 N–H and O–H groups in total. The Morgan fingerprint density at radius 3 is 2.47 bits per heavy atom. The fraction of sp³-hybridized carbons (Fsp3) is 0.650. The first-order chi connectivity index (χ1) is 15.1. The number of ketones is 1. The van der Waals surface area contributed by atoms with Crippen molar-refractivity contribution >= 4 is 5.78 Å². The number of ether oxygens (including phenoxy) is 5. The monoisotopic (exact) mass is 460 g/mol. The van der Waals surface area contributed by atoms with E-state index in [1.165, 1.54) is 26.2 Å². The van der Waals surface area contributed by atoms with E-state index in [1.54, 1.807) is 6.07 Å². The number of carbonyl (C=O) groups excluding carboxylic acids is 1. The Kier molecular flexibility index (Phi) is 7.70. The van der Waals surface area contributed by atoms with E-state index < -0.39 is 61.9 Å². The van der Waals surface area contributed by atoms with Crippen LogP contribution < -0.4 is 9.47 Å². The molecule has 32 heavy (non-hydrogen) atoms. The lowest BCUT2D eigenvalue weighted by Gasteiger charge is -2.40. The Morgan fingerprint density at radius 2 is 1.88 bits per heavy atom. The van der Waals surface area contributed by atoms with Crippen molar-refractivity contribution in [2.24, 2.45) is 0 Å². The topological polar surface area (TPSA) is 185 Å². The molecular weight excluding hydrogens is 432 g/mol. The van der Waals surface area contributed by atoms with Gasteiger partial charge in [0.2, 0.25) is 6.29 Å². The number of aliphatic hydroxyl groups excluding tert-OH is 5. The van der Waals surface area contributed by atoms with Crippen molar-refractivity contribution in [3.63, 3.8) is 0 Å². The molecule has 180 valence electrons. The number of aliphatic hydroxyl groups is 6. The van der Waals surface area contributed by atoms with Gasteiger partial charge >= 0.3 is 0 Å². The zero-order valence-electron chi connectivity index (χ0n) is 17.5. The summed E-state index contributed by atoms with van der Waals surface area (Å²) in [5, 5.41) is 60.1. The highest BCUT2D eigenvalue weighted by Gasteiger charge is 2.50. The third-order valence-corrected chi connectivity index (χ3v) is 5.48. The molecular formula is C20H28O12. The molecule has 0 amide bonds. The van der Waals surface area contributed by atoms with Crippen LogP contribution in [0, 0.1) is 0 Å². The van der Waals surface area contributed by atoms with Crippen LogP contribution in [0.4, 0.5) is 0 Å². The summed E-state index contributed by atoms with van der Waals surface area (Å²) in [7, 11) is 1.42. The molecule has 0 radical (unpaired) electrons. The fourth-order valence-corrected chi connectivity index (χ4v) is 3.42. The summed E-state index contributed by atoms with van der Waals surface area (Å²) in [6, 6.07) is 4.43. The van der Waals surface area contributed by atoms with Gasteiger partial charge in [-0.1, -0.05) is 0 Å². The minimum Gasteiger partial charge on any atom is -0.497 e. The third kappa shape index (κ3) is 4.88. The average molecular weight is 460 g/mol. The maximum absolute atomic E-state index is 11.9. The Bertz CT molecular complexity index is 803. The minimum atomic E-state index is -1.90. The molecule has 12 nitrogen and oxygen atoms in total. The quantitative estimate of drug-likeness (QED) is 0.225. The second-order valence-electron chi connectivity index (χ2n) is 7.77. The van der Waals surface area contributed by atoms with Gasteiger partial charge < -0.3 is 54.3 Å². The van der Waals surface area contributed by atoms with E-state index in [4.69, 9.17) is 23.7 Å². The van der Waals surface area contributed by atoms with E-state index in [0.29, 0.717) is 5.75 Å². The predicted octanol–water partition coefficient (Wildman–Crippen LogP) is -2.46. The lowest BCUT2D eigenvalue weighted by Crippen LogP contribution is -2.60. The smallest absolute Gasteiger partial charge is 0.229 e. The lowest BCUT2D eigenvalue weighted by atomic mass is 9.99. The summed E-state index contributed by atoms with van der Waals surface area (Å²) in [6.07, 6.45) is -10.5. The SMILES string of the molecule is COc1ccc(C(C)=O)c(O[C@@H]2O[C@H](CO[C@H]3OC[C@](O)(CO)[C@H]3O)[C@@H](O)[C@H](O)[C@H]2O)c1. The van der Waals surface area contributed by atoms with Crippen molar-refractivity contribution in [2.45, 2.75) is 55.6 Å². The second-order valence-corrected chi connectivity index (χ2v) is 7.77. The zero-order valence-corrected chi connectivity index (χ0v) is 17.5. The van der Waals surface area contributed by atoms with Crippen LogP contribution in [0.25, 0.3) is 0 Å². The molecule has 2 heterocycles. The highest BCUT2D eigenvalue weighted by Crippen LogP contribution is 2.31. The number of Topliss-reactive ketones (excluding diaryl/α,β-unsaturated/α-hetero) is 1. The lowest BCUT2D eigenvalue weighted by molar-refractivity contribution is -0.289. The number of benzene rings is 1. The molecule has 1 aromatic rings. The summed E-state index contributed by atoms with van der Waals surface area (Å²) in [5.41, 5.74) is -1.71. The Labute approximate surface area is 183 Å². The molecule has 0 unspecified atom stereocenters. The molecule has 0 saturated carbocycles. The van der Waals surface area contributed by atoms with Crippen LogP contribution in [0.5, 0.6) is 11.5 Å². The van der Waals surface area contributed by atoms with Crippen LogP contribution in [0.15, 0.2) is 18.2 Å². The first kappa shape index (κ1) is 24.8. The first-order valence-electron chi connectivity index (χ1n) is 9.91. The van der Waals surface area contributed by atoms with Gasteiger partial charge in [0.25, 0.3) is 0 Å². The van der Waals surface area contributed by atoms with Crippen molar-refractivity contribution in [3.05, 3.63) is 23.8 Å². The number of rotatable bonds is 8. The van der Waals surface area contributed by atoms with E-state index >= 15 is 0 Å². The van der Waals surface area contributed by atoms with E-state index in [-0.39, 0.29) is 23.7 Å². The molecule has 3 rings (SSSR count). The van der Waals surface area contributed by atoms with Crippen LogP contribution in [-0.4, -0.2) is 112 Å². The summed E-state index contributed by atoms with van der Waals surface area (Å²) < 4.78 is 26.8. The van der Waals surface area contributed by atoms with E-state index in [1.807, 2.05) is 0 Å². The molecule has 0 aromatic heterocycles. The fourth-order valence-electron chi connectivity index (χ4n) is 3.42. The molecule has 0 spiro atoms. The van der Waals surface area contributed by atoms with Crippen molar-refractivity contribution in [2.75, 3.05) is 26.9 Å². The molecule has 2 aliphatic rings. The number of carbonyl (C=O) groups is 1. The summed E-state index contributed by atoms with van der Waals surface area (Å²) in [5.74, 6) is 0.0865. The third-order valence-electron chi connectivity index (χ3n) is 5.48. The highest BCUT2D eigenvalue weighted by molar-refractivity contribution is 5.97. The van der Waals surface area contributed by atoms with Gasteiger partial charge in [-0.15, -0.1) is 0 Å². The molecule has 2 saturated heterocycles. The second kappa shape index (κ2) is 9.95. The number of hydrogen-bond acceptors (Lipinski definition) is 12. The number of methoxy groups -OCH3 is 1. The average Bonchev–Trinajstić information content (AvgIpc) is 3.07. The predicted molar refractivity (Wildman–Crippen MR) is 104 cm³/mol.